The molecule has 176 valence electrons. The van der Waals surface area contributed by atoms with Crippen molar-refractivity contribution in [2.75, 3.05) is 11.6 Å². The van der Waals surface area contributed by atoms with E-state index in [-0.39, 0.29) is 27.7 Å². The van der Waals surface area contributed by atoms with Crippen molar-refractivity contribution in [2.45, 2.75) is 24.9 Å². The standard InChI is InChI=1S/C21H17F3N6O3S/c1-11-17(19(31)28-13-5-4-6-15(9-13)34(3,26)32)20(30-29-18(11)21(22,23)24)33-16-8-7-14(10-25)27-12(16)2/h4-9,26H,1-3H3,(H,28,31)/t34-/m1/s1. The average Bonchev–Trinajstić information content (AvgIpc) is 2.73. The summed E-state index contributed by atoms with van der Waals surface area (Å²) in [6.07, 6.45) is -3.68. The third-order valence-electron chi connectivity index (χ3n) is 4.58. The summed E-state index contributed by atoms with van der Waals surface area (Å²) in [5.74, 6) is -1.44. The molecule has 0 aliphatic carbocycles. The van der Waals surface area contributed by atoms with Crippen LogP contribution >= 0.6 is 0 Å². The molecule has 2 aromatic heterocycles. The molecule has 0 aliphatic heterocycles. The third kappa shape index (κ3) is 5.29. The Morgan fingerprint density at radius 3 is 2.50 bits per heavy atom. The topological polar surface area (TPSA) is 142 Å². The first-order valence-electron chi connectivity index (χ1n) is 9.46. The number of benzene rings is 1. The highest BCUT2D eigenvalue weighted by Crippen LogP contribution is 2.35. The van der Waals surface area contributed by atoms with Crippen molar-refractivity contribution in [1.29, 1.82) is 10.0 Å². The van der Waals surface area contributed by atoms with E-state index >= 15 is 0 Å². The molecule has 0 radical (unpaired) electrons. The first-order valence-corrected chi connectivity index (χ1v) is 11.4. The minimum atomic E-state index is -4.88. The molecule has 3 rings (SSSR count). The number of hydrogen-bond acceptors (Lipinski definition) is 8. The Labute approximate surface area is 192 Å². The zero-order valence-electron chi connectivity index (χ0n) is 18.0. The van der Waals surface area contributed by atoms with Gasteiger partial charge in [0.1, 0.15) is 17.3 Å². The van der Waals surface area contributed by atoms with Crippen molar-refractivity contribution in [1.82, 2.24) is 15.2 Å². The summed E-state index contributed by atoms with van der Waals surface area (Å²) in [7, 11) is -3.10. The Kier molecular flexibility index (Phi) is 6.56. The van der Waals surface area contributed by atoms with E-state index in [0.29, 0.717) is 0 Å². The average molecular weight is 490 g/mol. The lowest BCUT2D eigenvalue weighted by atomic mass is 10.1. The molecule has 1 atom stereocenters. The molecule has 0 saturated carbocycles. The highest BCUT2D eigenvalue weighted by atomic mass is 32.2. The molecule has 0 spiro atoms. The summed E-state index contributed by atoms with van der Waals surface area (Å²) >= 11 is 0. The summed E-state index contributed by atoms with van der Waals surface area (Å²) < 4.78 is 65.6. The van der Waals surface area contributed by atoms with Gasteiger partial charge in [-0.15, -0.1) is 10.2 Å². The van der Waals surface area contributed by atoms with E-state index in [1.54, 1.807) is 0 Å². The Balaban J connectivity index is 2.08. The SMILES string of the molecule is Cc1nc(C#N)ccc1Oc1nnc(C(F)(F)F)c(C)c1C(=O)Nc1cccc([S@](C)(=N)=O)c1. The second-order valence-electron chi connectivity index (χ2n) is 7.17. The maximum absolute atomic E-state index is 13.4. The largest absolute Gasteiger partial charge is 0.435 e. The van der Waals surface area contributed by atoms with Crippen molar-refractivity contribution < 1.29 is 26.9 Å². The zero-order valence-corrected chi connectivity index (χ0v) is 18.8. The number of amides is 1. The van der Waals surface area contributed by atoms with E-state index in [1.165, 1.54) is 49.6 Å². The van der Waals surface area contributed by atoms with Crippen LogP contribution in [0, 0.1) is 30.0 Å². The molecule has 1 amide bonds. The zero-order chi connectivity index (χ0) is 25.3. The van der Waals surface area contributed by atoms with Gasteiger partial charge in [0.05, 0.1) is 15.4 Å². The van der Waals surface area contributed by atoms with Gasteiger partial charge in [-0.2, -0.15) is 18.4 Å². The van der Waals surface area contributed by atoms with Gasteiger partial charge in [-0.3, -0.25) is 4.79 Å². The number of aryl methyl sites for hydroxylation is 1. The molecule has 0 saturated heterocycles. The minimum Gasteiger partial charge on any atom is -0.435 e. The predicted octanol–water partition coefficient (Wildman–Crippen LogP) is 4.46. The lowest BCUT2D eigenvalue weighted by Crippen LogP contribution is -2.21. The summed E-state index contributed by atoms with van der Waals surface area (Å²) in [5.41, 5.74) is -1.97. The van der Waals surface area contributed by atoms with Crippen LogP contribution in [0.25, 0.3) is 0 Å². The van der Waals surface area contributed by atoms with Gasteiger partial charge in [0, 0.05) is 16.8 Å². The maximum Gasteiger partial charge on any atom is 0.435 e. The second-order valence-corrected chi connectivity index (χ2v) is 9.33. The number of halogens is 3. The number of nitrogens with zero attached hydrogens (tertiary/aromatic N) is 4. The quantitative estimate of drug-likeness (QED) is 0.538. The number of carbonyl (C=O) groups is 1. The molecular weight excluding hydrogens is 473 g/mol. The molecule has 0 bridgehead atoms. The van der Waals surface area contributed by atoms with Crippen LogP contribution in [-0.4, -0.2) is 31.6 Å². The Morgan fingerprint density at radius 1 is 1.21 bits per heavy atom. The number of carbonyl (C=O) groups excluding carboxylic acids is 1. The minimum absolute atomic E-state index is 0.0587. The van der Waals surface area contributed by atoms with E-state index in [9.17, 15) is 22.2 Å². The lowest BCUT2D eigenvalue weighted by Gasteiger charge is -2.16. The molecule has 3 aromatic rings. The first-order chi connectivity index (χ1) is 15.8. The highest BCUT2D eigenvalue weighted by Gasteiger charge is 2.38. The van der Waals surface area contributed by atoms with Crippen LogP contribution in [0.3, 0.4) is 0 Å². The van der Waals surface area contributed by atoms with E-state index in [2.05, 4.69) is 20.5 Å². The van der Waals surface area contributed by atoms with Crippen LogP contribution in [0.15, 0.2) is 41.3 Å². The molecule has 0 fully saturated rings. The van der Waals surface area contributed by atoms with Gasteiger partial charge in [-0.05, 0) is 49.7 Å². The summed E-state index contributed by atoms with van der Waals surface area (Å²) in [6.45, 7) is 2.57. The summed E-state index contributed by atoms with van der Waals surface area (Å²) in [6, 6.07) is 10.1. The van der Waals surface area contributed by atoms with E-state index < -0.39 is 44.5 Å². The van der Waals surface area contributed by atoms with E-state index in [0.717, 1.165) is 6.92 Å². The van der Waals surface area contributed by atoms with Crippen LogP contribution in [0.1, 0.15) is 33.0 Å². The van der Waals surface area contributed by atoms with Crippen LogP contribution in [0.4, 0.5) is 18.9 Å². The van der Waals surface area contributed by atoms with Crippen LogP contribution in [0.2, 0.25) is 0 Å². The van der Waals surface area contributed by atoms with Crippen molar-refractivity contribution >= 4 is 21.3 Å². The number of ether oxygens (including phenoxy) is 1. The van der Waals surface area contributed by atoms with Crippen molar-refractivity contribution in [2.24, 2.45) is 0 Å². The van der Waals surface area contributed by atoms with Gasteiger partial charge in [-0.25, -0.2) is 14.0 Å². The first kappa shape index (κ1) is 24.6. The van der Waals surface area contributed by atoms with E-state index in [4.69, 9.17) is 14.8 Å². The number of nitrogens with one attached hydrogen (secondary N) is 2. The van der Waals surface area contributed by atoms with Gasteiger partial charge in [0.25, 0.3) is 11.8 Å². The van der Waals surface area contributed by atoms with Crippen LogP contribution in [-0.2, 0) is 15.9 Å². The number of aromatic nitrogens is 3. The van der Waals surface area contributed by atoms with Gasteiger partial charge < -0.3 is 10.1 Å². The number of rotatable bonds is 5. The normalized spacial score (nSPS) is 13.0. The van der Waals surface area contributed by atoms with Crippen molar-refractivity contribution in [3.05, 3.63) is 64.6 Å². The van der Waals surface area contributed by atoms with Crippen molar-refractivity contribution in [3.8, 4) is 17.7 Å². The molecule has 13 heteroatoms. The molecule has 34 heavy (non-hydrogen) atoms. The Bertz CT molecular complexity index is 1430. The van der Waals surface area contributed by atoms with Gasteiger partial charge >= 0.3 is 6.18 Å². The smallest absolute Gasteiger partial charge is 0.435 e. The summed E-state index contributed by atoms with van der Waals surface area (Å²) in [5, 5.41) is 18.0. The Morgan fingerprint density at radius 2 is 1.91 bits per heavy atom. The molecule has 9 nitrogen and oxygen atoms in total. The fourth-order valence-corrected chi connectivity index (χ4v) is 3.63. The van der Waals surface area contributed by atoms with Gasteiger partial charge in [-0.1, -0.05) is 6.07 Å². The third-order valence-corrected chi connectivity index (χ3v) is 5.73. The van der Waals surface area contributed by atoms with Gasteiger partial charge in [0.15, 0.2) is 11.4 Å². The van der Waals surface area contributed by atoms with Crippen LogP contribution < -0.4 is 10.1 Å². The maximum atomic E-state index is 13.4. The molecule has 0 unspecified atom stereocenters. The molecular formula is C21H17F3N6O3S. The monoisotopic (exact) mass is 490 g/mol. The number of nitriles is 1. The number of pyridine rings is 1. The fraction of sp³-hybridized carbons (Fsp3) is 0.190. The van der Waals surface area contributed by atoms with Crippen LogP contribution in [0.5, 0.6) is 11.6 Å². The number of anilines is 1. The number of alkyl halides is 3. The Hall–Kier alpha value is -4.05. The predicted molar refractivity (Wildman–Crippen MR) is 115 cm³/mol. The summed E-state index contributed by atoms with van der Waals surface area (Å²) in [4.78, 5) is 17.2. The van der Waals surface area contributed by atoms with Gasteiger partial charge in [0.2, 0.25) is 0 Å². The highest BCUT2D eigenvalue weighted by molar-refractivity contribution is 7.91. The van der Waals surface area contributed by atoms with E-state index in [1.807, 2.05) is 6.07 Å². The second kappa shape index (κ2) is 9.06. The molecule has 0 aliphatic rings. The number of hydrogen-bond donors (Lipinski definition) is 2. The fourth-order valence-electron chi connectivity index (χ4n) is 2.94. The molecule has 2 heterocycles. The molecule has 2 N–H and O–H groups in total. The van der Waals surface area contributed by atoms with Crippen molar-refractivity contribution in [3.63, 3.8) is 0 Å². The lowest BCUT2D eigenvalue weighted by molar-refractivity contribution is -0.142. The molecule has 1 aromatic carbocycles.